The molecule has 0 heterocycles. The minimum atomic E-state index is -4.03. The topological polar surface area (TPSA) is 154 Å². The van der Waals surface area contributed by atoms with Crippen molar-refractivity contribution >= 4 is 43.4 Å². The van der Waals surface area contributed by atoms with E-state index in [2.05, 4.69) is 9.44 Å². The molecule has 4 aromatic carbocycles. The van der Waals surface area contributed by atoms with Crippen molar-refractivity contribution in [2.75, 3.05) is 23.7 Å². The van der Waals surface area contributed by atoms with Gasteiger partial charge in [-0.05, 0) is 74.5 Å². The van der Waals surface area contributed by atoms with E-state index in [1.807, 2.05) is 13.8 Å². The van der Waals surface area contributed by atoms with E-state index in [1.165, 1.54) is 60.7 Å². The van der Waals surface area contributed by atoms with Crippen LogP contribution >= 0.6 is 0 Å². The number of aryl methyl sites for hydroxylation is 2. The molecule has 0 amide bonds. The molecule has 0 saturated carbocycles. The lowest BCUT2D eigenvalue weighted by Gasteiger charge is -2.15. The molecule has 2 N–H and O–H groups in total. The van der Waals surface area contributed by atoms with E-state index < -0.39 is 32.0 Å². The number of esters is 2. The zero-order chi connectivity index (χ0) is 31.4. The summed E-state index contributed by atoms with van der Waals surface area (Å²) in [6.07, 6.45) is 0. The number of rotatable bonds is 10. The first kappa shape index (κ1) is 31.1. The molecule has 4 rings (SSSR count). The van der Waals surface area contributed by atoms with Gasteiger partial charge < -0.3 is 14.2 Å². The van der Waals surface area contributed by atoms with Crippen LogP contribution in [0.5, 0.6) is 11.5 Å². The average molecular weight is 625 g/mol. The van der Waals surface area contributed by atoms with Crippen LogP contribution in [0.15, 0.2) is 94.7 Å². The van der Waals surface area contributed by atoms with Gasteiger partial charge in [0.25, 0.3) is 20.0 Å². The van der Waals surface area contributed by atoms with E-state index in [-0.39, 0.29) is 43.8 Å². The Balaban J connectivity index is 1.64. The van der Waals surface area contributed by atoms with Crippen LogP contribution < -0.4 is 14.2 Å². The highest BCUT2D eigenvalue weighted by Gasteiger charge is 2.22. The Morgan fingerprint density at radius 2 is 0.907 bits per heavy atom. The summed E-state index contributed by atoms with van der Waals surface area (Å²) in [5.74, 6) is -1.46. The van der Waals surface area contributed by atoms with Gasteiger partial charge >= 0.3 is 11.9 Å². The lowest BCUT2D eigenvalue weighted by atomic mass is 10.1. The first-order valence-corrected chi connectivity index (χ1v) is 15.6. The zero-order valence-electron chi connectivity index (χ0n) is 23.6. The highest BCUT2D eigenvalue weighted by atomic mass is 32.2. The number of sulfonamides is 2. The second-order valence-electron chi connectivity index (χ2n) is 9.34. The zero-order valence-corrected chi connectivity index (χ0v) is 25.2. The van der Waals surface area contributed by atoms with E-state index in [0.717, 1.165) is 25.3 Å². The molecule has 0 aromatic heterocycles. The number of anilines is 2. The molecule has 0 unspecified atom stereocenters. The van der Waals surface area contributed by atoms with Gasteiger partial charge in [-0.1, -0.05) is 35.4 Å². The van der Waals surface area contributed by atoms with Gasteiger partial charge in [-0.25, -0.2) is 26.4 Å². The number of benzene rings is 4. The van der Waals surface area contributed by atoms with E-state index >= 15 is 0 Å². The van der Waals surface area contributed by atoms with Gasteiger partial charge in [0.2, 0.25) is 0 Å². The molecule has 0 fully saturated rings. The van der Waals surface area contributed by atoms with Crippen molar-refractivity contribution < 1.29 is 40.6 Å². The predicted molar refractivity (Wildman–Crippen MR) is 160 cm³/mol. The molecule has 0 bridgehead atoms. The van der Waals surface area contributed by atoms with Crippen LogP contribution in [-0.4, -0.2) is 43.0 Å². The van der Waals surface area contributed by atoms with Crippen molar-refractivity contribution in [3.8, 4) is 11.5 Å². The molecule has 43 heavy (non-hydrogen) atoms. The fourth-order valence-corrected chi connectivity index (χ4v) is 6.05. The van der Waals surface area contributed by atoms with Crippen LogP contribution in [0.2, 0.25) is 0 Å². The highest BCUT2D eigenvalue weighted by molar-refractivity contribution is 7.93. The molecule has 0 atom stereocenters. The highest BCUT2D eigenvalue weighted by Crippen LogP contribution is 2.32. The van der Waals surface area contributed by atoms with Crippen molar-refractivity contribution in [2.45, 2.75) is 23.6 Å². The Hall–Kier alpha value is -4.88. The van der Waals surface area contributed by atoms with Gasteiger partial charge in [0.15, 0.2) is 0 Å². The lowest BCUT2D eigenvalue weighted by molar-refractivity contribution is 0.0593. The molecule has 0 spiro atoms. The van der Waals surface area contributed by atoms with E-state index in [0.29, 0.717) is 0 Å². The average Bonchev–Trinajstić information content (AvgIpc) is 2.98. The number of carbonyl (C=O) groups is 2. The van der Waals surface area contributed by atoms with Crippen LogP contribution in [0.3, 0.4) is 0 Å². The maximum absolute atomic E-state index is 12.9. The standard InChI is InChI=1S/C30H28N2O9S2/c1-19-5-11-23(12-6-19)42(35,36)31-27-15-9-21(17-25(27)29(33)39-3)41-22-10-16-28(26(18-22)30(34)40-4)32-43(37,38)24-13-7-20(2)8-14-24/h5-18,31-32H,1-4H3. The van der Waals surface area contributed by atoms with Crippen LogP contribution in [-0.2, 0) is 29.5 Å². The Morgan fingerprint density at radius 3 is 1.23 bits per heavy atom. The Morgan fingerprint density at radius 1 is 0.558 bits per heavy atom. The summed E-state index contributed by atoms with van der Waals surface area (Å²) in [7, 11) is -5.77. The monoisotopic (exact) mass is 624 g/mol. The summed E-state index contributed by atoms with van der Waals surface area (Å²) < 4.78 is 72.0. The van der Waals surface area contributed by atoms with Crippen molar-refractivity contribution in [2.24, 2.45) is 0 Å². The summed E-state index contributed by atoms with van der Waals surface area (Å²) in [6, 6.07) is 20.4. The number of methoxy groups -OCH3 is 2. The van der Waals surface area contributed by atoms with Gasteiger partial charge in [-0.3, -0.25) is 9.44 Å². The van der Waals surface area contributed by atoms with E-state index in [4.69, 9.17) is 14.2 Å². The Kier molecular flexibility index (Phi) is 9.07. The summed E-state index contributed by atoms with van der Waals surface area (Å²) >= 11 is 0. The number of carbonyl (C=O) groups excluding carboxylic acids is 2. The predicted octanol–water partition coefficient (Wildman–Crippen LogP) is 5.27. The van der Waals surface area contributed by atoms with Gasteiger partial charge in [0, 0.05) is 0 Å². The third kappa shape index (κ3) is 7.31. The molecule has 4 aromatic rings. The van der Waals surface area contributed by atoms with E-state index in [9.17, 15) is 26.4 Å². The first-order chi connectivity index (χ1) is 20.3. The molecule has 0 radical (unpaired) electrons. The molecule has 0 aliphatic heterocycles. The van der Waals surface area contributed by atoms with Crippen LogP contribution in [0.4, 0.5) is 11.4 Å². The van der Waals surface area contributed by atoms with Gasteiger partial charge in [-0.15, -0.1) is 0 Å². The SMILES string of the molecule is COC(=O)c1cc(Oc2ccc(NS(=O)(=O)c3ccc(C)cc3)c(C(=O)OC)c2)ccc1NS(=O)(=O)c1ccc(C)cc1. The normalized spacial score (nSPS) is 11.3. The summed E-state index contributed by atoms with van der Waals surface area (Å²) in [4.78, 5) is 25.1. The molecular formula is C30H28N2O9S2. The Bertz CT molecular complexity index is 1750. The second-order valence-corrected chi connectivity index (χ2v) is 12.7. The summed E-state index contributed by atoms with van der Waals surface area (Å²) in [5, 5.41) is 0. The largest absolute Gasteiger partial charge is 0.465 e. The molecule has 224 valence electrons. The molecule has 13 heteroatoms. The third-order valence-electron chi connectivity index (χ3n) is 6.18. The number of hydrogen-bond donors (Lipinski definition) is 2. The van der Waals surface area contributed by atoms with Crippen molar-refractivity contribution in [1.29, 1.82) is 0 Å². The van der Waals surface area contributed by atoms with Crippen molar-refractivity contribution in [3.05, 3.63) is 107 Å². The maximum atomic E-state index is 12.9. The third-order valence-corrected chi connectivity index (χ3v) is 8.94. The van der Waals surface area contributed by atoms with Crippen molar-refractivity contribution in [3.63, 3.8) is 0 Å². The summed E-state index contributed by atoms with van der Waals surface area (Å²) in [6.45, 7) is 3.65. The molecule has 0 aliphatic carbocycles. The van der Waals surface area contributed by atoms with Crippen LogP contribution in [0, 0.1) is 13.8 Å². The smallest absolute Gasteiger partial charge is 0.340 e. The quantitative estimate of drug-likeness (QED) is 0.225. The Labute approximate surface area is 249 Å². The first-order valence-electron chi connectivity index (χ1n) is 12.6. The molecule has 0 aliphatic rings. The molecular weight excluding hydrogens is 596 g/mol. The van der Waals surface area contributed by atoms with Gasteiger partial charge in [-0.2, -0.15) is 0 Å². The lowest BCUT2D eigenvalue weighted by Crippen LogP contribution is -2.16. The number of hydrogen-bond acceptors (Lipinski definition) is 9. The minimum absolute atomic E-state index is 0.00248. The van der Waals surface area contributed by atoms with Crippen molar-refractivity contribution in [1.82, 2.24) is 0 Å². The number of nitrogens with one attached hydrogen (secondary N) is 2. The fraction of sp³-hybridized carbons (Fsp3) is 0.133. The van der Waals surface area contributed by atoms with Crippen LogP contribution in [0.25, 0.3) is 0 Å². The summed E-state index contributed by atoms with van der Waals surface area (Å²) in [5.41, 5.74) is 1.40. The van der Waals surface area contributed by atoms with Gasteiger partial charge in [0.1, 0.15) is 11.5 Å². The van der Waals surface area contributed by atoms with E-state index in [1.54, 1.807) is 24.3 Å². The maximum Gasteiger partial charge on any atom is 0.340 e. The van der Waals surface area contributed by atoms with Crippen LogP contribution in [0.1, 0.15) is 31.8 Å². The number of ether oxygens (including phenoxy) is 3. The molecule has 0 saturated heterocycles. The second kappa shape index (κ2) is 12.5. The fourth-order valence-electron chi connectivity index (χ4n) is 3.89. The molecule has 11 nitrogen and oxygen atoms in total. The van der Waals surface area contributed by atoms with Gasteiger partial charge in [0.05, 0.1) is 46.5 Å². The minimum Gasteiger partial charge on any atom is -0.465 e.